The molecule has 0 N–H and O–H groups in total. The van der Waals surface area contributed by atoms with Crippen LogP contribution in [0.4, 0.5) is 0 Å². The summed E-state index contributed by atoms with van der Waals surface area (Å²) < 4.78 is 0. The Kier molecular flexibility index (Phi) is 1.71. The van der Waals surface area contributed by atoms with Gasteiger partial charge in [-0.15, -0.1) is 0 Å². The summed E-state index contributed by atoms with van der Waals surface area (Å²) in [6, 6.07) is 4.31. The third-order valence-corrected chi connectivity index (χ3v) is 4.64. The van der Waals surface area contributed by atoms with Crippen molar-refractivity contribution in [2.75, 3.05) is 0 Å². The summed E-state index contributed by atoms with van der Waals surface area (Å²) in [6.07, 6.45) is 4.33. The van der Waals surface area contributed by atoms with Crippen molar-refractivity contribution in [1.82, 2.24) is 0 Å². The second-order valence-electron chi connectivity index (χ2n) is 4.74. The molecule has 2 heteroatoms. The van der Waals surface area contributed by atoms with E-state index in [1.165, 1.54) is 33.0 Å². The van der Waals surface area contributed by atoms with Crippen molar-refractivity contribution in [3.05, 3.63) is 44.4 Å². The monoisotopic (exact) mass is 248 g/mol. The molecule has 0 amide bonds. The summed E-state index contributed by atoms with van der Waals surface area (Å²) >= 11 is 12.7. The first kappa shape index (κ1) is 9.32. The van der Waals surface area contributed by atoms with Crippen LogP contribution in [0.25, 0.3) is 10.8 Å². The highest BCUT2D eigenvalue weighted by molar-refractivity contribution is 6.34. The van der Waals surface area contributed by atoms with E-state index < -0.39 is 0 Å². The predicted molar refractivity (Wildman–Crippen MR) is 68.8 cm³/mol. The zero-order valence-electron chi connectivity index (χ0n) is 8.74. The van der Waals surface area contributed by atoms with Gasteiger partial charge in [0.2, 0.25) is 0 Å². The molecule has 0 aliphatic heterocycles. The predicted octanol–water partition coefficient (Wildman–Crippen LogP) is 4.34. The lowest BCUT2D eigenvalue weighted by Gasteiger charge is -2.08. The van der Waals surface area contributed by atoms with Crippen molar-refractivity contribution in [2.45, 2.75) is 25.7 Å². The SMILES string of the molecule is Clc1cc2c3c(c(Cl)cc4c3c1CC4)CC2. The van der Waals surface area contributed by atoms with Crippen LogP contribution < -0.4 is 0 Å². The Morgan fingerprint density at radius 2 is 1.12 bits per heavy atom. The van der Waals surface area contributed by atoms with Crippen LogP contribution in [0.3, 0.4) is 0 Å². The molecule has 0 nitrogen and oxygen atoms in total. The Morgan fingerprint density at radius 1 is 0.688 bits per heavy atom. The third-order valence-electron chi connectivity index (χ3n) is 3.96. The second-order valence-corrected chi connectivity index (χ2v) is 5.56. The molecule has 0 aromatic heterocycles. The fourth-order valence-electron chi connectivity index (χ4n) is 3.28. The summed E-state index contributed by atoms with van der Waals surface area (Å²) in [5.74, 6) is 0. The third kappa shape index (κ3) is 0.977. The number of aryl methyl sites for hydroxylation is 4. The highest BCUT2D eigenvalue weighted by Gasteiger charge is 2.26. The van der Waals surface area contributed by atoms with E-state index in [0.717, 1.165) is 35.7 Å². The first-order chi connectivity index (χ1) is 7.75. The van der Waals surface area contributed by atoms with Gasteiger partial charge in [-0.25, -0.2) is 0 Å². The second kappa shape index (κ2) is 2.94. The largest absolute Gasteiger partial charge is 0.0840 e. The molecule has 0 fully saturated rings. The van der Waals surface area contributed by atoms with Gasteiger partial charge in [-0.3, -0.25) is 0 Å². The van der Waals surface area contributed by atoms with Gasteiger partial charge in [0.1, 0.15) is 0 Å². The average molecular weight is 249 g/mol. The van der Waals surface area contributed by atoms with Crippen molar-refractivity contribution >= 4 is 34.0 Å². The molecule has 0 atom stereocenters. The highest BCUT2D eigenvalue weighted by Crippen LogP contribution is 2.44. The molecule has 0 saturated carbocycles. The molecular weight excluding hydrogens is 239 g/mol. The van der Waals surface area contributed by atoms with Gasteiger partial charge < -0.3 is 0 Å². The fourth-order valence-corrected chi connectivity index (χ4v) is 3.92. The molecule has 16 heavy (non-hydrogen) atoms. The summed E-state index contributed by atoms with van der Waals surface area (Å²) in [7, 11) is 0. The molecule has 2 aromatic rings. The first-order valence-corrected chi connectivity index (χ1v) is 6.45. The minimum absolute atomic E-state index is 0.955. The average Bonchev–Trinajstić information content (AvgIpc) is 2.81. The van der Waals surface area contributed by atoms with E-state index in [1.54, 1.807) is 0 Å². The summed E-state index contributed by atoms with van der Waals surface area (Å²) in [6.45, 7) is 0. The highest BCUT2D eigenvalue weighted by atomic mass is 35.5. The van der Waals surface area contributed by atoms with Gasteiger partial charge in [0.25, 0.3) is 0 Å². The van der Waals surface area contributed by atoms with Crippen molar-refractivity contribution in [3.8, 4) is 0 Å². The van der Waals surface area contributed by atoms with Crippen LogP contribution in [0.2, 0.25) is 10.0 Å². The van der Waals surface area contributed by atoms with Crippen LogP contribution in [0.1, 0.15) is 22.3 Å². The molecule has 0 unspecified atom stereocenters. The Morgan fingerprint density at radius 3 is 1.56 bits per heavy atom. The number of halogens is 2. The molecule has 0 spiro atoms. The van der Waals surface area contributed by atoms with E-state index in [4.69, 9.17) is 23.2 Å². The molecular formula is C14H10Cl2. The van der Waals surface area contributed by atoms with Gasteiger partial charge in [-0.1, -0.05) is 23.2 Å². The maximum atomic E-state index is 6.35. The van der Waals surface area contributed by atoms with Gasteiger partial charge in [0.05, 0.1) is 0 Å². The van der Waals surface area contributed by atoms with Gasteiger partial charge >= 0.3 is 0 Å². The van der Waals surface area contributed by atoms with E-state index >= 15 is 0 Å². The van der Waals surface area contributed by atoms with E-state index in [2.05, 4.69) is 12.1 Å². The lowest BCUT2D eigenvalue weighted by atomic mass is 10.00. The number of hydrogen-bond donors (Lipinski definition) is 0. The van der Waals surface area contributed by atoms with E-state index in [1.807, 2.05) is 0 Å². The van der Waals surface area contributed by atoms with Crippen LogP contribution in [-0.4, -0.2) is 0 Å². The van der Waals surface area contributed by atoms with Gasteiger partial charge in [-0.05, 0) is 70.8 Å². The number of benzene rings is 2. The zero-order chi connectivity index (χ0) is 10.9. The molecule has 0 heterocycles. The van der Waals surface area contributed by atoms with Crippen LogP contribution in [0.15, 0.2) is 12.1 Å². The molecule has 0 saturated heterocycles. The standard InChI is InChI=1S/C14H10Cl2/c15-11-5-7-1-3-9-12(16)6-8-2-4-10(11)14(8)13(7)9/h5-6H,1-4H2. The van der Waals surface area contributed by atoms with Crippen molar-refractivity contribution < 1.29 is 0 Å². The summed E-state index contributed by atoms with van der Waals surface area (Å²) in [4.78, 5) is 0. The quantitative estimate of drug-likeness (QED) is 0.651. The van der Waals surface area contributed by atoms with E-state index in [9.17, 15) is 0 Å². The van der Waals surface area contributed by atoms with E-state index in [0.29, 0.717) is 0 Å². The normalized spacial score (nSPS) is 16.4. The number of hydrogen-bond acceptors (Lipinski definition) is 0. The van der Waals surface area contributed by atoms with E-state index in [-0.39, 0.29) is 0 Å². The minimum Gasteiger partial charge on any atom is -0.0840 e. The van der Waals surface area contributed by atoms with Crippen LogP contribution in [-0.2, 0) is 25.7 Å². The van der Waals surface area contributed by atoms with Crippen molar-refractivity contribution in [1.29, 1.82) is 0 Å². The molecule has 2 aliphatic rings. The fraction of sp³-hybridized carbons (Fsp3) is 0.286. The molecule has 0 bridgehead atoms. The lowest BCUT2D eigenvalue weighted by Crippen LogP contribution is -1.86. The molecule has 80 valence electrons. The van der Waals surface area contributed by atoms with Crippen LogP contribution >= 0.6 is 23.2 Å². The van der Waals surface area contributed by atoms with Gasteiger partial charge in [-0.2, -0.15) is 0 Å². The maximum absolute atomic E-state index is 6.35. The Hall–Kier alpha value is -0.720. The Bertz CT molecular complexity index is 584. The summed E-state index contributed by atoms with van der Waals surface area (Å²) in [5, 5.41) is 4.74. The first-order valence-electron chi connectivity index (χ1n) is 5.70. The van der Waals surface area contributed by atoms with Crippen molar-refractivity contribution in [3.63, 3.8) is 0 Å². The topological polar surface area (TPSA) is 0 Å². The Labute approximate surface area is 104 Å². The lowest BCUT2D eigenvalue weighted by molar-refractivity contribution is 1.01. The molecule has 0 radical (unpaired) electrons. The minimum atomic E-state index is 0.955. The molecule has 2 aromatic carbocycles. The summed E-state index contributed by atoms with van der Waals surface area (Å²) in [5.41, 5.74) is 5.47. The van der Waals surface area contributed by atoms with Crippen LogP contribution in [0, 0.1) is 0 Å². The molecule has 2 aliphatic carbocycles. The van der Waals surface area contributed by atoms with Crippen LogP contribution in [0.5, 0.6) is 0 Å². The zero-order valence-corrected chi connectivity index (χ0v) is 10.3. The van der Waals surface area contributed by atoms with Gasteiger partial charge in [0, 0.05) is 10.0 Å². The molecule has 4 rings (SSSR count). The van der Waals surface area contributed by atoms with Crippen molar-refractivity contribution in [2.24, 2.45) is 0 Å². The maximum Gasteiger partial charge on any atom is 0.0447 e. The smallest absolute Gasteiger partial charge is 0.0447 e. The Balaban J connectivity index is 2.32. The van der Waals surface area contributed by atoms with Gasteiger partial charge in [0.15, 0.2) is 0 Å². The number of rotatable bonds is 0.